The van der Waals surface area contributed by atoms with Crippen molar-refractivity contribution in [1.82, 2.24) is 0 Å². The van der Waals surface area contributed by atoms with E-state index in [-0.39, 0.29) is 44.5 Å². The smallest absolute Gasteiger partial charge is 0.270 e. The molecule has 2 spiro atoms. The monoisotopic (exact) mass is 976 g/mol. The largest absolute Gasteiger partial charge is 0.481 e. The lowest BCUT2D eigenvalue weighted by atomic mass is 9.76. The second-order valence-corrected chi connectivity index (χ2v) is 21.8. The average molecular weight is 977 g/mol. The molecule has 8 nitrogen and oxygen atoms in total. The van der Waals surface area contributed by atoms with Crippen molar-refractivity contribution in [2.24, 2.45) is 0 Å². The van der Waals surface area contributed by atoms with Gasteiger partial charge in [-0.05, 0) is 111 Å². The number of ketones is 2. The lowest BCUT2D eigenvalue weighted by molar-refractivity contribution is 0.0257. The highest BCUT2D eigenvalue weighted by molar-refractivity contribution is 7.34. The van der Waals surface area contributed by atoms with Crippen LogP contribution in [-0.2, 0) is 11.2 Å². The van der Waals surface area contributed by atoms with Gasteiger partial charge in [-0.15, -0.1) is 45.3 Å². The van der Waals surface area contributed by atoms with Gasteiger partial charge in [-0.3, -0.25) is 9.59 Å². The highest BCUT2D eigenvalue weighted by Gasteiger charge is 2.51. The van der Waals surface area contributed by atoms with Crippen LogP contribution in [0.4, 0.5) is 17.6 Å². The number of rotatable bonds is 2. The Morgan fingerprint density at radius 2 is 0.985 bits per heavy atom. The van der Waals surface area contributed by atoms with Crippen LogP contribution >= 0.6 is 45.3 Å². The van der Waals surface area contributed by atoms with Crippen molar-refractivity contribution >= 4 is 89.6 Å². The van der Waals surface area contributed by atoms with Gasteiger partial charge in [0.1, 0.15) is 40.4 Å². The zero-order valence-electron chi connectivity index (χ0n) is 35.3. The van der Waals surface area contributed by atoms with E-state index in [2.05, 4.69) is 4.85 Å². The van der Waals surface area contributed by atoms with Crippen LogP contribution in [0.2, 0.25) is 0 Å². The Bertz CT molecular complexity index is 3420. The molecule has 4 aliphatic carbocycles. The molecule has 4 aromatic heterocycles. The molecule has 2 aliphatic heterocycles. The molecule has 0 radical (unpaired) electrons. The zero-order valence-corrected chi connectivity index (χ0v) is 38.5. The van der Waals surface area contributed by atoms with E-state index < -0.39 is 57.3 Å². The summed E-state index contributed by atoms with van der Waals surface area (Å²) in [5.74, 6) is -4.77. The first kappa shape index (κ1) is 42.4. The van der Waals surface area contributed by atoms with Crippen molar-refractivity contribution in [1.29, 1.82) is 15.8 Å². The number of thiophene rings is 4. The van der Waals surface area contributed by atoms with Gasteiger partial charge in [0.25, 0.3) is 5.70 Å². The molecule has 2 fully saturated rings. The third-order valence-electron chi connectivity index (χ3n) is 13.9. The standard InChI is InChI=1S/C52H28F4N4O4S4/c1-60-36(22-59)40-27-17-33(54)35(56)19-29(27)44(62)31(40)13-25-15-38-46(66-25)48-42(52(64-38)10-6-3-7-11-52)50-49(68-48)41-47(67-50)45-37(63-51(41)8-4-2-5-9-51)14-24(65-45)12-30-39(23(20-57)21-58)26-16-32(53)34(55)18-28(26)43(30)61/h12-19H,2-11H2/b30-12-,31-13-,40-36+. The maximum Gasteiger partial charge on any atom is 0.270 e. The number of nitrogens with zero attached hydrogens (tertiary/aromatic N) is 4. The van der Waals surface area contributed by atoms with Crippen LogP contribution in [0.3, 0.4) is 0 Å². The molecule has 2 saturated carbocycles. The van der Waals surface area contributed by atoms with E-state index in [4.69, 9.17) is 16.0 Å². The van der Waals surface area contributed by atoms with E-state index in [1.165, 1.54) is 22.7 Å². The van der Waals surface area contributed by atoms with Crippen LogP contribution in [0.15, 0.2) is 58.8 Å². The van der Waals surface area contributed by atoms with Gasteiger partial charge in [-0.25, -0.2) is 27.7 Å². The minimum atomic E-state index is -1.21. The molecular weight excluding hydrogens is 949 g/mol. The molecule has 0 atom stereocenters. The molecule has 6 heterocycles. The van der Waals surface area contributed by atoms with Crippen LogP contribution in [0.25, 0.3) is 57.1 Å². The summed E-state index contributed by atoms with van der Waals surface area (Å²) in [6, 6.07) is 12.6. The Hall–Kier alpha value is -6.92. The number of hydrogen-bond acceptors (Lipinski definition) is 11. The fraction of sp³-hybridized carbons (Fsp3) is 0.231. The molecule has 6 aliphatic rings. The molecule has 12 rings (SSSR count). The summed E-state index contributed by atoms with van der Waals surface area (Å²) in [4.78, 5) is 36.1. The summed E-state index contributed by atoms with van der Waals surface area (Å²) < 4.78 is 74.6. The number of halogens is 4. The molecular formula is C52H28F4N4O4S4. The first-order valence-corrected chi connectivity index (χ1v) is 25.0. The Labute approximate surface area is 401 Å². The van der Waals surface area contributed by atoms with Crippen LogP contribution in [0.5, 0.6) is 11.5 Å². The van der Waals surface area contributed by atoms with Gasteiger partial charge in [0.05, 0.1) is 41.5 Å². The predicted molar refractivity (Wildman–Crippen MR) is 252 cm³/mol. The number of Topliss-reactive ketones (excluding diaryl/α,β-unsaturated/α-hetero) is 2. The SMILES string of the molecule is [C-]#[N+]/C(C#N)=C1/C(=C/c2cc3c(s2)-c2sc4c5c(sc4c2C2(CCCCC2)O3)-c2sc(/C=C3\C(=O)c4cc(F)c(F)cc4C3=C(C#N)C#N)cc2OC52CCCCC2)C(=O)c2cc(F)c(F)cc21. The van der Waals surface area contributed by atoms with E-state index in [0.717, 1.165) is 129 Å². The van der Waals surface area contributed by atoms with Crippen molar-refractivity contribution in [3.05, 3.63) is 137 Å². The molecule has 2 aromatic carbocycles. The predicted octanol–water partition coefficient (Wildman–Crippen LogP) is 14.6. The van der Waals surface area contributed by atoms with E-state index in [0.29, 0.717) is 21.3 Å². The number of hydrogen-bond donors (Lipinski definition) is 0. The molecule has 16 heteroatoms. The summed E-state index contributed by atoms with van der Waals surface area (Å²) in [7, 11) is 0. The van der Waals surface area contributed by atoms with E-state index in [9.17, 15) is 42.9 Å². The summed E-state index contributed by atoms with van der Waals surface area (Å²) in [6.07, 6.45) is 12.1. The first-order valence-electron chi connectivity index (χ1n) is 21.8. The zero-order chi connectivity index (χ0) is 47.0. The summed E-state index contributed by atoms with van der Waals surface area (Å²) in [5, 5.41) is 29.7. The number of benzene rings is 2. The minimum absolute atomic E-state index is 0.00409. The van der Waals surface area contributed by atoms with Gasteiger partial charge in [0.15, 0.2) is 34.8 Å². The Balaban J connectivity index is 1.02. The average Bonchev–Trinajstić information content (AvgIpc) is 4.18. The number of fused-ring (bicyclic) bond motifs is 13. The first-order chi connectivity index (χ1) is 32.9. The maximum absolute atomic E-state index is 14.6. The van der Waals surface area contributed by atoms with Gasteiger partial charge in [0, 0.05) is 54.3 Å². The summed E-state index contributed by atoms with van der Waals surface area (Å²) >= 11 is 6.18. The topological polar surface area (TPSA) is 128 Å². The highest BCUT2D eigenvalue weighted by Crippen LogP contribution is 2.66. The molecule has 0 unspecified atom stereocenters. The van der Waals surface area contributed by atoms with Crippen molar-refractivity contribution in [2.75, 3.05) is 0 Å². The van der Waals surface area contributed by atoms with Gasteiger partial charge in [0.2, 0.25) is 0 Å². The van der Waals surface area contributed by atoms with Gasteiger partial charge < -0.3 is 9.47 Å². The third-order valence-corrected chi connectivity index (χ3v) is 18.9. The van der Waals surface area contributed by atoms with Gasteiger partial charge in [-0.2, -0.15) is 10.5 Å². The number of carbonyl (C=O) groups excluding carboxylic acids is 2. The van der Waals surface area contributed by atoms with Gasteiger partial charge >= 0.3 is 0 Å². The molecule has 0 bridgehead atoms. The van der Waals surface area contributed by atoms with Crippen LogP contribution < -0.4 is 9.47 Å². The van der Waals surface area contributed by atoms with E-state index in [1.54, 1.807) is 34.8 Å². The Morgan fingerprint density at radius 1 is 0.574 bits per heavy atom. The van der Waals surface area contributed by atoms with Crippen LogP contribution in [-0.4, -0.2) is 11.6 Å². The molecule has 332 valence electrons. The van der Waals surface area contributed by atoms with Crippen molar-refractivity contribution in [2.45, 2.75) is 75.4 Å². The summed E-state index contributed by atoms with van der Waals surface area (Å²) in [6.45, 7) is 7.69. The lowest BCUT2D eigenvalue weighted by Gasteiger charge is -2.41. The number of carbonyl (C=O) groups is 2. The molecule has 0 saturated heterocycles. The molecule has 0 amide bonds. The number of ether oxygens (including phenoxy) is 2. The molecule has 68 heavy (non-hydrogen) atoms. The van der Waals surface area contributed by atoms with Crippen molar-refractivity contribution < 1.29 is 36.6 Å². The van der Waals surface area contributed by atoms with E-state index >= 15 is 0 Å². The maximum atomic E-state index is 14.6. The third kappa shape index (κ3) is 5.95. The highest BCUT2D eigenvalue weighted by atomic mass is 32.1. The molecule has 6 aromatic rings. The Kier molecular flexibility index (Phi) is 9.55. The second kappa shape index (κ2) is 15.3. The van der Waals surface area contributed by atoms with Crippen molar-refractivity contribution in [3.63, 3.8) is 0 Å². The quantitative estimate of drug-likeness (QED) is 0.0731. The molecule has 0 N–H and O–H groups in total. The van der Waals surface area contributed by atoms with Gasteiger partial charge in [-0.1, -0.05) is 12.8 Å². The minimum Gasteiger partial charge on any atom is -0.481 e. The normalized spacial score (nSPS) is 19.9. The summed E-state index contributed by atoms with van der Waals surface area (Å²) in [5.41, 5.74) is -0.287. The van der Waals surface area contributed by atoms with Crippen molar-refractivity contribution in [3.8, 4) is 49.2 Å². The second-order valence-electron chi connectivity index (χ2n) is 17.6. The van der Waals surface area contributed by atoms with Crippen LogP contribution in [0, 0.1) is 63.8 Å². The Morgan fingerprint density at radius 3 is 1.40 bits per heavy atom. The van der Waals surface area contributed by atoms with Crippen LogP contribution in [0.1, 0.15) is 117 Å². The van der Waals surface area contributed by atoms with E-state index in [1.807, 2.05) is 30.3 Å². The number of nitriles is 3. The lowest BCUT2D eigenvalue weighted by Crippen LogP contribution is -2.37. The fourth-order valence-electron chi connectivity index (χ4n) is 11.0. The fourth-order valence-corrected chi connectivity index (χ4v) is 16.6. The number of allylic oxidation sites excluding steroid dienone is 6.